The van der Waals surface area contributed by atoms with E-state index in [0.717, 1.165) is 17.7 Å². The molecule has 0 saturated heterocycles. The lowest BCUT2D eigenvalue weighted by Gasteiger charge is -2.14. The van der Waals surface area contributed by atoms with Crippen molar-refractivity contribution in [1.29, 1.82) is 0 Å². The number of ether oxygens (including phenoxy) is 1. The Labute approximate surface area is 109 Å². The van der Waals surface area contributed by atoms with Gasteiger partial charge < -0.3 is 10.1 Å². The summed E-state index contributed by atoms with van der Waals surface area (Å²) >= 11 is 0. The van der Waals surface area contributed by atoms with Gasteiger partial charge in [-0.1, -0.05) is 19.1 Å². The molecule has 0 aromatic heterocycles. The molecule has 1 rings (SSSR count). The van der Waals surface area contributed by atoms with Crippen LogP contribution in [0.1, 0.15) is 25.3 Å². The number of nitrogens with one attached hydrogen (secondary N) is 1. The highest BCUT2D eigenvalue weighted by molar-refractivity contribution is 5.78. The van der Waals surface area contributed by atoms with E-state index < -0.39 is 0 Å². The Morgan fingerprint density at radius 3 is 2.61 bits per heavy atom. The number of methoxy groups -OCH3 is 1. The molecule has 96 valence electrons. The first-order valence-corrected chi connectivity index (χ1v) is 6.05. The molecule has 0 aliphatic heterocycles. The van der Waals surface area contributed by atoms with Crippen LogP contribution in [0.15, 0.2) is 24.3 Å². The predicted molar refractivity (Wildman–Crippen MR) is 72.4 cm³/mol. The summed E-state index contributed by atoms with van der Waals surface area (Å²) in [4.78, 5) is 11.8. The Bertz CT molecular complexity index is 417. The van der Waals surface area contributed by atoms with Gasteiger partial charge >= 0.3 is 0 Å². The summed E-state index contributed by atoms with van der Waals surface area (Å²) in [6.07, 6.45) is 7.04. The molecule has 1 unspecified atom stereocenters. The molecule has 0 heterocycles. The van der Waals surface area contributed by atoms with Gasteiger partial charge in [0.05, 0.1) is 13.5 Å². The zero-order chi connectivity index (χ0) is 13.4. The van der Waals surface area contributed by atoms with Gasteiger partial charge in [-0.2, -0.15) is 0 Å². The first-order chi connectivity index (χ1) is 8.69. The van der Waals surface area contributed by atoms with E-state index in [0.29, 0.717) is 12.8 Å². The molecule has 3 nitrogen and oxygen atoms in total. The minimum atomic E-state index is 0.00210. The topological polar surface area (TPSA) is 38.3 Å². The molecule has 0 spiro atoms. The molecule has 0 fully saturated rings. The standard InChI is InChI=1S/C15H19NO2/c1-4-6-13(5-2)16-15(17)11-12-7-9-14(18-3)10-8-12/h1,7-10,13H,5-6,11H2,2-3H3,(H,16,17). The van der Waals surface area contributed by atoms with Crippen LogP contribution in [-0.2, 0) is 11.2 Å². The van der Waals surface area contributed by atoms with Crippen LogP contribution < -0.4 is 10.1 Å². The van der Waals surface area contributed by atoms with Crippen LogP contribution in [-0.4, -0.2) is 19.1 Å². The SMILES string of the molecule is C#CCC(CC)NC(=O)Cc1ccc(OC)cc1. The van der Waals surface area contributed by atoms with Crippen LogP contribution in [0.25, 0.3) is 0 Å². The van der Waals surface area contributed by atoms with Crippen molar-refractivity contribution in [3.05, 3.63) is 29.8 Å². The van der Waals surface area contributed by atoms with Gasteiger partial charge in [0.1, 0.15) is 5.75 Å². The molecule has 1 aromatic carbocycles. The zero-order valence-corrected chi connectivity index (χ0v) is 10.9. The van der Waals surface area contributed by atoms with Crippen molar-refractivity contribution in [3.63, 3.8) is 0 Å². The summed E-state index contributed by atoms with van der Waals surface area (Å²) in [5, 5.41) is 2.93. The summed E-state index contributed by atoms with van der Waals surface area (Å²) in [6.45, 7) is 2.01. The Morgan fingerprint density at radius 2 is 2.11 bits per heavy atom. The lowest BCUT2D eigenvalue weighted by Crippen LogP contribution is -2.35. The summed E-state index contributed by atoms with van der Waals surface area (Å²) in [6, 6.07) is 7.55. The molecule has 0 aliphatic carbocycles. The van der Waals surface area contributed by atoms with Crippen LogP contribution in [0, 0.1) is 12.3 Å². The van der Waals surface area contributed by atoms with E-state index in [9.17, 15) is 4.79 Å². The molecule has 1 N–H and O–H groups in total. The van der Waals surface area contributed by atoms with Gasteiger partial charge in [0.15, 0.2) is 0 Å². The predicted octanol–water partition coefficient (Wildman–Crippen LogP) is 2.16. The minimum absolute atomic E-state index is 0.00210. The number of terminal acetylenes is 1. The van der Waals surface area contributed by atoms with Crippen molar-refractivity contribution in [1.82, 2.24) is 5.32 Å². The second-order valence-corrected chi connectivity index (χ2v) is 4.11. The molecule has 18 heavy (non-hydrogen) atoms. The van der Waals surface area contributed by atoms with Crippen molar-refractivity contribution in [3.8, 4) is 18.1 Å². The van der Waals surface area contributed by atoms with Crippen molar-refractivity contribution >= 4 is 5.91 Å². The van der Waals surface area contributed by atoms with Gasteiger partial charge in [-0.25, -0.2) is 0 Å². The lowest BCUT2D eigenvalue weighted by atomic mass is 10.1. The van der Waals surface area contributed by atoms with E-state index in [1.807, 2.05) is 31.2 Å². The Hall–Kier alpha value is -1.95. The third-order valence-corrected chi connectivity index (χ3v) is 2.75. The third kappa shape index (κ3) is 4.50. The number of benzene rings is 1. The monoisotopic (exact) mass is 245 g/mol. The Balaban J connectivity index is 2.50. The smallest absolute Gasteiger partial charge is 0.224 e. The molecule has 0 aliphatic rings. The number of carbonyl (C=O) groups is 1. The van der Waals surface area contributed by atoms with Crippen molar-refractivity contribution in [2.45, 2.75) is 32.2 Å². The number of carbonyl (C=O) groups excluding carboxylic acids is 1. The molecule has 3 heteroatoms. The maximum absolute atomic E-state index is 11.8. The lowest BCUT2D eigenvalue weighted by molar-refractivity contribution is -0.121. The fraction of sp³-hybridized carbons (Fsp3) is 0.400. The molecule has 0 saturated carbocycles. The second kappa shape index (κ2) is 7.39. The number of amides is 1. The molecule has 0 bridgehead atoms. The molecule has 1 amide bonds. The molecular formula is C15H19NO2. The van der Waals surface area contributed by atoms with E-state index in [2.05, 4.69) is 11.2 Å². The van der Waals surface area contributed by atoms with Gasteiger partial charge in [0.2, 0.25) is 5.91 Å². The number of hydrogen-bond donors (Lipinski definition) is 1. The quantitative estimate of drug-likeness (QED) is 0.780. The zero-order valence-electron chi connectivity index (χ0n) is 10.9. The van der Waals surface area contributed by atoms with E-state index >= 15 is 0 Å². The third-order valence-electron chi connectivity index (χ3n) is 2.75. The van der Waals surface area contributed by atoms with Gasteiger partial charge in [-0.15, -0.1) is 12.3 Å². The average molecular weight is 245 g/mol. The minimum Gasteiger partial charge on any atom is -0.497 e. The van der Waals surface area contributed by atoms with E-state index in [-0.39, 0.29) is 11.9 Å². The first kappa shape index (κ1) is 14.1. The average Bonchev–Trinajstić information content (AvgIpc) is 2.39. The van der Waals surface area contributed by atoms with Crippen molar-refractivity contribution in [2.75, 3.05) is 7.11 Å². The fourth-order valence-corrected chi connectivity index (χ4v) is 1.65. The van der Waals surface area contributed by atoms with Gasteiger partial charge in [-0.3, -0.25) is 4.79 Å². The van der Waals surface area contributed by atoms with Crippen LogP contribution in [0.4, 0.5) is 0 Å². The number of hydrogen-bond acceptors (Lipinski definition) is 2. The van der Waals surface area contributed by atoms with Gasteiger partial charge in [0.25, 0.3) is 0 Å². The summed E-state index contributed by atoms with van der Waals surface area (Å²) in [7, 11) is 1.62. The van der Waals surface area contributed by atoms with Crippen LogP contribution in [0.3, 0.4) is 0 Å². The van der Waals surface area contributed by atoms with Crippen molar-refractivity contribution in [2.24, 2.45) is 0 Å². The van der Waals surface area contributed by atoms with Crippen molar-refractivity contribution < 1.29 is 9.53 Å². The van der Waals surface area contributed by atoms with Gasteiger partial charge in [-0.05, 0) is 24.1 Å². The normalized spacial score (nSPS) is 11.4. The van der Waals surface area contributed by atoms with Crippen LogP contribution in [0.2, 0.25) is 0 Å². The van der Waals surface area contributed by atoms with E-state index in [1.54, 1.807) is 7.11 Å². The van der Waals surface area contributed by atoms with Gasteiger partial charge in [0, 0.05) is 12.5 Å². The molecule has 1 aromatic rings. The van der Waals surface area contributed by atoms with Crippen LogP contribution >= 0.6 is 0 Å². The first-order valence-electron chi connectivity index (χ1n) is 6.05. The molecule has 0 radical (unpaired) electrons. The highest BCUT2D eigenvalue weighted by atomic mass is 16.5. The fourth-order valence-electron chi connectivity index (χ4n) is 1.65. The number of rotatable bonds is 6. The highest BCUT2D eigenvalue weighted by Crippen LogP contribution is 2.11. The van der Waals surface area contributed by atoms with E-state index in [1.165, 1.54) is 0 Å². The summed E-state index contributed by atoms with van der Waals surface area (Å²) in [5.41, 5.74) is 0.962. The maximum atomic E-state index is 11.8. The summed E-state index contributed by atoms with van der Waals surface area (Å²) < 4.78 is 5.07. The molecule has 1 atom stereocenters. The van der Waals surface area contributed by atoms with E-state index in [4.69, 9.17) is 11.2 Å². The Morgan fingerprint density at radius 1 is 1.44 bits per heavy atom. The summed E-state index contributed by atoms with van der Waals surface area (Å²) in [5.74, 6) is 3.36. The molecular weight excluding hydrogens is 226 g/mol. The maximum Gasteiger partial charge on any atom is 0.224 e. The second-order valence-electron chi connectivity index (χ2n) is 4.11. The largest absolute Gasteiger partial charge is 0.497 e. The van der Waals surface area contributed by atoms with Crippen LogP contribution in [0.5, 0.6) is 5.75 Å². The highest BCUT2D eigenvalue weighted by Gasteiger charge is 2.09. The Kier molecular flexibility index (Phi) is 5.79.